The molecule has 4 heteroatoms. The van der Waals surface area contributed by atoms with E-state index < -0.39 is 6.10 Å². The summed E-state index contributed by atoms with van der Waals surface area (Å²) in [5, 5.41) is 0. The number of hydrogen-bond donors (Lipinski definition) is 0. The summed E-state index contributed by atoms with van der Waals surface area (Å²) >= 11 is 0. The van der Waals surface area contributed by atoms with Gasteiger partial charge in [-0.15, -0.1) is 0 Å². The molecule has 1 atom stereocenters. The molecule has 0 aliphatic rings. The van der Waals surface area contributed by atoms with E-state index in [2.05, 4.69) is 11.9 Å². The molecular formula is C13H19NO3. The fourth-order valence-electron chi connectivity index (χ4n) is 1.47. The minimum Gasteiger partial charge on any atom is -0.467 e. The Morgan fingerprint density at radius 2 is 2.35 bits per heavy atom. The second kappa shape index (κ2) is 7.79. The maximum Gasteiger partial charge on any atom is 0.334 e. The zero-order valence-corrected chi connectivity index (χ0v) is 10.4. The van der Waals surface area contributed by atoms with E-state index >= 15 is 0 Å². The van der Waals surface area contributed by atoms with E-state index in [1.807, 2.05) is 12.1 Å². The number of hydrogen-bond acceptors (Lipinski definition) is 4. The van der Waals surface area contributed by atoms with Crippen molar-refractivity contribution in [1.82, 2.24) is 4.98 Å². The molecule has 0 N–H and O–H groups in total. The Labute approximate surface area is 102 Å². The topological polar surface area (TPSA) is 48.4 Å². The lowest BCUT2D eigenvalue weighted by Crippen LogP contribution is -2.25. The molecule has 1 rings (SSSR count). The number of rotatable bonds is 7. The number of unbranched alkanes of at least 4 members (excludes halogenated alkanes) is 1. The second-order valence-electron chi connectivity index (χ2n) is 3.83. The van der Waals surface area contributed by atoms with Crippen LogP contribution in [0.5, 0.6) is 0 Å². The SMILES string of the molecule is CCCCC(OCc1cccnc1)C(=O)OC. The summed E-state index contributed by atoms with van der Waals surface area (Å²) in [5.41, 5.74) is 0.956. The zero-order chi connectivity index (χ0) is 12.5. The van der Waals surface area contributed by atoms with E-state index in [1.165, 1.54) is 7.11 Å². The third-order valence-corrected chi connectivity index (χ3v) is 2.46. The van der Waals surface area contributed by atoms with Gasteiger partial charge in [0.15, 0.2) is 6.10 Å². The normalized spacial score (nSPS) is 12.1. The summed E-state index contributed by atoms with van der Waals surface area (Å²) in [6.45, 7) is 2.47. The lowest BCUT2D eigenvalue weighted by Gasteiger charge is -2.15. The molecule has 1 unspecified atom stereocenters. The molecular weight excluding hydrogens is 218 g/mol. The Kier molecular flexibility index (Phi) is 6.25. The third-order valence-electron chi connectivity index (χ3n) is 2.46. The van der Waals surface area contributed by atoms with E-state index in [9.17, 15) is 4.79 Å². The van der Waals surface area contributed by atoms with Gasteiger partial charge in [0, 0.05) is 12.4 Å². The number of carbonyl (C=O) groups is 1. The van der Waals surface area contributed by atoms with E-state index in [-0.39, 0.29) is 5.97 Å². The van der Waals surface area contributed by atoms with Crippen LogP contribution in [0.2, 0.25) is 0 Å². The molecule has 1 aromatic rings. The largest absolute Gasteiger partial charge is 0.467 e. The molecule has 0 amide bonds. The molecule has 0 bridgehead atoms. The first-order valence-corrected chi connectivity index (χ1v) is 5.86. The van der Waals surface area contributed by atoms with E-state index in [0.717, 1.165) is 18.4 Å². The van der Waals surface area contributed by atoms with Gasteiger partial charge in [-0.2, -0.15) is 0 Å². The molecule has 1 aromatic heterocycles. The van der Waals surface area contributed by atoms with Gasteiger partial charge in [-0.25, -0.2) is 4.79 Å². The quantitative estimate of drug-likeness (QED) is 0.683. The molecule has 94 valence electrons. The minimum atomic E-state index is -0.472. The fraction of sp³-hybridized carbons (Fsp3) is 0.538. The van der Waals surface area contributed by atoms with Crippen LogP contribution in [0, 0.1) is 0 Å². The molecule has 0 fully saturated rings. The number of nitrogens with zero attached hydrogens (tertiary/aromatic N) is 1. The fourth-order valence-corrected chi connectivity index (χ4v) is 1.47. The van der Waals surface area contributed by atoms with Gasteiger partial charge in [0.2, 0.25) is 0 Å². The molecule has 0 spiro atoms. The van der Waals surface area contributed by atoms with Crippen molar-refractivity contribution in [2.45, 2.75) is 38.9 Å². The molecule has 0 aliphatic carbocycles. The van der Waals surface area contributed by atoms with Crippen molar-refractivity contribution in [2.24, 2.45) is 0 Å². The molecule has 0 aliphatic heterocycles. The third kappa shape index (κ3) is 4.95. The van der Waals surface area contributed by atoms with Gasteiger partial charge in [0.25, 0.3) is 0 Å². The number of esters is 1. The Morgan fingerprint density at radius 3 is 2.94 bits per heavy atom. The predicted octanol–water partition coefficient (Wildman–Crippen LogP) is 2.33. The summed E-state index contributed by atoms with van der Waals surface area (Å²) in [5.74, 6) is -0.303. The van der Waals surface area contributed by atoms with Crippen LogP contribution < -0.4 is 0 Å². The molecule has 17 heavy (non-hydrogen) atoms. The van der Waals surface area contributed by atoms with Gasteiger partial charge in [-0.05, 0) is 18.1 Å². The first-order chi connectivity index (χ1) is 8.27. The van der Waals surface area contributed by atoms with Crippen LogP contribution in [0.25, 0.3) is 0 Å². The van der Waals surface area contributed by atoms with Crippen LogP contribution in [-0.4, -0.2) is 24.2 Å². The van der Waals surface area contributed by atoms with Crippen LogP contribution in [0.4, 0.5) is 0 Å². The van der Waals surface area contributed by atoms with Crippen LogP contribution in [0.15, 0.2) is 24.5 Å². The highest BCUT2D eigenvalue weighted by atomic mass is 16.6. The molecule has 4 nitrogen and oxygen atoms in total. The summed E-state index contributed by atoms with van der Waals surface area (Å²) in [7, 11) is 1.38. The van der Waals surface area contributed by atoms with Crippen LogP contribution >= 0.6 is 0 Å². The number of ether oxygens (including phenoxy) is 2. The van der Waals surface area contributed by atoms with Crippen molar-refractivity contribution in [3.63, 3.8) is 0 Å². The summed E-state index contributed by atoms with van der Waals surface area (Å²) in [6, 6.07) is 3.76. The number of carbonyl (C=O) groups excluding carboxylic acids is 1. The summed E-state index contributed by atoms with van der Waals surface area (Å²) in [6.07, 6.45) is 5.65. The van der Waals surface area contributed by atoms with Crippen LogP contribution in [0.1, 0.15) is 31.7 Å². The van der Waals surface area contributed by atoms with Crippen molar-refractivity contribution >= 4 is 5.97 Å². The van der Waals surface area contributed by atoms with Gasteiger partial charge in [0.05, 0.1) is 13.7 Å². The maximum atomic E-state index is 11.5. The smallest absolute Gasteiger partial charge is 0.334 e. The monoisotopic (exact) mass is 237 g/mol. The standard InChI is InChI=1S/C13H19NO3/c1-3-4-7-12(13(15)16-2)17-10-11-6-5-8-14-9-11/h5-6,8-9,12H,3-4,7,10H2,1-2H3. The maximum absolute atomic E-state index is 11.5. The van der Waals surface area contributed by atoms with Crippen LogP contribution in [0.3, 0.4) is 0 Å². The van der Waals surface area contributed by atoms with E-state index in [4.69, 9.17) is 9.47 Å². The van der Waals surface area contributed by atoms with Crippen LogP contribution in [-0.2, 0) is 20.9 Å². The summed E-state index contributed by atoms with van der Waals surface area (Å²) in [4.78, 5) is 15.5. The van der Waals surface area contributed by atoms with E-state index in [1.54, 1.807) is 12.4 Å². The Morgan fingerprint density at radius 1 is 1.53 bits per heavy atom. The van der Waals surface area contributed by atoms with E-state index in [0.29, 0.717) is 13.0 Å². The van der Waals surface area contributed by atoms with Gasteiger partial charge in [0.1, 0.15) is 0 Å². The number of aromatic nitrogens is 1. The lowest BCUT2D eigenvalue weighted by atomic mass is 10.1. The molecule has 0 saturated carbocycles. The Bertz CT molecular complexity index is 327. The number of methoxy groups -OCH3 is 1. The second-order valence-corrected chi connectivity index (χ2v) is 3.83. The molecule has 0 aromatic carbocycles. The molecule has 0 radical (unpaired) electrons. The summed E-state index contributed by atoms with van der Waals surface area (Å²) < 4.78 is 10.3. The van der Waals surface area contributed by atoms with Crippen molar-refractivity contribution in [2.75, 3.05) is 7.11 Å². The van der Waals surface area contributed by atoms with Gasteiger partial charge in [-0.3, -0.25) is 4.98 Å². The molecule has 1 heterocycles. The van der Waals surface area contributed by atoms with Gasteiger partial charge in [-0.1, -0.05) is 25.8 Å². The number of pyridine rings is 1. The first-order valence-electron chi connectivity index (χ1n) is 5.86. The Hall–Kier alpha value is -1.42. The first kappa shape index (κ1) is 13.6. The van der Waals surface area contributed by atoms with Crippen molar-refractivity contribution < 1.29 is 14.3 Å². The van der Waals surface area contributed by atoms with Crippen molar-refractivity contribution in [1.29, 1.82) is 0 Å². The zero-order valence-electron chi connectivity index (χ0n) is 10.4. The Balaban J connectivity index is 2.46. The highest BCUT2D eigenvalue weighted by molar-refractivity contribution is 5.74. The van der Waals surface area contributed by atoms with Gasteiger partial charge < -0.3 is 9.47 Å². The lowest BCUT2D eigenvalue weighted by molar-refractivity contribution is -0.155. The molecule has 0 saturated heterocycles. The average molecular weight is 237 g/mol. The van der Waals surface area contributed by atoms with Gasteiger partial charge >= 0.3 is 5.97 Å². The van der Waals surface area contributed by atoms with Crippen molar-refractivity contribution in [3.8, 4) is 0 Å². The predicted molar refractivity (Wildman–Crippen MR) is 64.4 cm³/mol. The minimum absolute atomic E-state index is 0.303. The highest BCUT2D eigenvalue weighted by Crippen LogP contribution is 2.10. The van der Waals surface area contributed by atoms with Crippen molar-refractivity contribution in [3.05, 3.63) is 30.1 Å². The highest BCUT2D eigenvalue weighted by Gasteiger charge is 2.19. The average Bonchev–Trinajstić information content (AvgIpc) is 2.39.